The number of amides is 1. The maximum atomic E-state index is 11.1. The number of aromatic carboxylic acids is 1. The molecule has 17 heavy (non-hydrogen) atoms. The number of aromatic nitrogens is 2. The van der Waals surface area contributed by atoms with Gasteiger partial charge in [0.05, 0.1) is 6.54 Å². The van der Waals surface area contributed by atoms with Crippen molar-refractivity contribution in [2.24, 2.45) is 5.73 Å². The van der Waals surface area contributed by atoms with Gasteiger partial charge in [-0.3, -0.25) is 9.20 Å². The van der Waals surface area contributed by atoms with E-state index in [0.717, 1.165) is 0 Å². The summed E-state index contributed by atoms with van der Waals surface area (Å²) in [5, 5.41) is 11.7. The van der Waals surface area contributed by atoms with Crippen LogP contribution in [0.15, 0.2) is 24.4 Å². The summed E-state index contributed by atoms with van der Waals surface area (Å²) < 4.78 is 1.42. The highest BCUT2D eigenvalue weighted by Crippen LogP contribution is 2.17. The zero-order valence-corrected chi connectivity index (χ0v) is 8.75. The van der Waals surface area contributed by atoms with Crippen LogP contribution in [0.5, 0.6) is 0 Å². The van der Waals surface area contributed by atoms with Gasteiger partial charge in [-0.15, -0.1) is 0 Å². The smallest absolute Gasteiger partial charge is 0.356 e. The molecule has 0 aromatic carbocycles. The lowest BCUT2D eigenvalue weighted by Crippen LogP contribution is -2.22. The maximum absolute atomic E-state index is 11.1. The van der Waals surface area contributed by atoms with E-state index in [-0.39, 0.29) is 18.1 Å². The Morgan fingerprint density at radius 1 is 1.47 bits per heavy atom. The summed E-state index contributed by atoms with van der Waals surface area (Å²) in [5.74, 6) is -1.59. The summed E-state index contributed by atoms with van der Waals surface area (Å²) in [5.41, 5.74) is 5.43. The number of hydrogen-bond acceptors (Lipinski definition) is 4. The quantitative estimate of drug-likeness (QED) is 0.685. The van der Waals surface area contributed by atoms with Crippen LogP contribution in [0.3, 0.4) is 0 Å². The number of nitrogens with one attached hydrogen (secondary N) is 1. The molecule has 2 rings (SSSR count). The molecular weight excluding hydrogens is 224 g/mol. The molecule has 0 saturated carbocycles. The molecule has 7 heteroatoms. The fraction of sp³-hybridized carbons (Fsp3) is 0.100. The highest BCUT2D eigenvalue weighted by Gasteiger charge is 2.18. The predicted molar refractivity (Wildman–Crippen MR) is 59.8 cm³/mol. The Labute approximate surface area is 95.9 Å². The van der Waals surface area contributed by atoms with E-state index >= 15 is 0 Å². The van der Waals surface area contributed by atoms with Crippen molar-refractivity contribution in [2.75, 3.05) is 11.9 Å². The van der Waals surface area contributed by atoms with Crippen LogP contribution in [-0.4, -0.2) is 32.9 Å². The minimum atomic E-state index is -1.13. The molecule has 0 aliphatic rings. The van der Waals surface area contributed by atoms with Crippen LogP contribution in [0, 0.1) is 0 Å². The number of carboxylic acid groups (broad SMARTS) is 1. The number of rotatable bonds is 4. The normalized spacial score (nSPS) is 10.4. The summed E-state index contributed by atoms with van der Waals surface area (Å²) in [4.78, 5) is 25.8. The number of pyridine rings is 1. The van der Waals surface area contributed by atoms with Gasteiger partial charge in [0.2, 0.25) is 5.91 Å². The molecule has 4 N–H and O–H groups in total. The van der Waals surface area contributed by atoms with Crippen molar-refractivity contribution in [3.05, 3.63) is 30.1 Å². The molecule has 0 aliphatic heterocycles. The van der Waals surface area contributed by atoms with Crippen LogP contribution in [0.4, 0.5) is 5.82 Å². The fourth-order valence-electron chi connectivity index (χ4n) is 1.49. The van der Waals surface area contributed by atoms with Crippen LogP contribution < -0.4 is 11.1 Å². The van der Waals surface area contributed by atoms with Gasteiger partial charge in [0.1, 0.15) is 5.65 Å². The molecule has 88 valence electrons. The monoisotopic (exact) mass is 234 g/mol. The first-order valence-corrected chi connectivity index (χ1v) is 4.82. The van der Waals surface area contributed by atoms with Crippen LogP contribution >= 0.6 is 0 Å². The van der Waals surface area contributed by atoms with E-state index in [0.29, 0.717) is 5.65 Å². The Balaban J connectivity index is 2.50. The van der Waals surface area contributed by atoms with E-state index in [4.69, 9.17) is 10.8 Å². The van der Waals surface area contributed by atoms with Crippen LogP contribution in [0.2, 0.25) is 0 Å². The van der Waals surface area contributed by atoms with Crippen LogP contribution in [0.25, 0.3) is 5.65 Å². The SMILES string of the molecule is NC(=O)CNc1nc2ccccn2c1C(=O)O. The summed E-state index contributed by atoms with van der Waals surface area (Å²) in [6, 6.07) is 5.10. The standard InChI is InChI=1S/C10H10N4O3/c11-6(15)5-12-9-8(10(16)17)14-4-2-1-3-7(14)13-9/h1-4,12H,5H2,(H2,11,15)(H,16,17). The van der Waals surface area contributed by atoms with Crippen molar-refractivity contribution >= 4 is 23.3 Å². The second-order valence-corrected chi connectivity index (χ2v) is 3.36. The highest BCUT2D eigenvalue weighted by atomic mass is 16.4. The van der Waals surface area contributed by atoms with Gasteiger partial charge in [0.25, 0.3) is 0 Å². The maximum Gasteiger partial charge on any atom is 0.356 e. The lowest BCUT2D eigenvalue weighted by molar-refractivity contribution is -0.116. The summed E-state index contributed by atoms with van der Waals surface area (Å²) in [7, 11) is 0. The molecule has 2 aromatic heterocycles. The summed E-state index contributed by atoms with van der Waals surface area (Å²) in [6.07, 6.45) is 1.58. The topological polar surface area (TPSA) is 110 Å². The molecule has 0 saturated heterocycles. The number of carboxylic acids is 1. The highest BCUT2D eigenvalue weighted by molar-refractivity contribution is 5.93. The molecule has 7 nitrogen and oxygen atoms in total. The lowest BCUT2D eigenvalue weighted by atomic mass is 10.4. The summed E-state index contributed by atoms with van der Waals surface area (Å²) in [6.45, 7) is -0.163. The van der Waals surface area contributed by atoms with Gasteiger partial charge in [-0.2, -0.15) is 0 Å². The Morgan fingerprint density at radius 3 is 2.88 bits per heavy atom. The second kappa shape index (κ2) is 4.12. The number of carbonyl (C=O) groups excluding carboxylic acids is 1. The van der Waals surface area contributed by atoms with Gasteiger partial charge >= 0.3 is 5.97 Å². The predicted octanol–water partition coefficient (Wildman–Crippen LogP) is -0.0703. The number of hydrogen-bond donors (Lipinski definition) is 3. The minimum Gasteiger partial charge on any atom is -0.476 e. The molecule has 0 atom stereocenters. The van der Waals surface area contributed by atoms with Gasteiger partial charge in [0, 0.05) is 6.20 Å². The largest absolute Gasteiger partial charge is 0.476 e. The fourth-order valence-corrected chi connectivity index (χ4v) is 1.49. The molecular formula is C10H10N4O3. The molecule has 2 heterocycles. The Hall–Kier alpha value is -2.57. The van der Waals surface area contributed by atoms with Gasteiger partial charge in [-0.1, -0.05) is 6.07 Å². The first-order valence-electron chi connectivity index (χ1n) is 4.82. The van der Waals surface area contributed by atoms with Crippen molar-refractivity contribution < 1.29 is 14.7 Å². The molecule has 0 spiro atoms. The first-order chi connectivity index (χ1) is 8.09. The Kier molecular flexibility index (Phi) is 2.65. The van der Waals surface area contributed by atoms with E-state index in [2.05, 4.69) is 10.3 Å². The van der Waals surface area contributed by atoms with E-state index in [1.807, 2.05) is 0 Å². The molecule has 0 fully saturated rings. The van der Waals surface area contributed by atoms with Crippen molar-refractivity contribution in [3.63, 3.8) is 0 Å². The van der Waals surface area contributed by atoms with E-state index in [1.54, 1.807) is 24.4 Å². The second-order valence-electron chi connectivity index (χ2n) is 3.36. The van der Waals surface area contributed by atoms with Gasteiger partial charge < -0.3 is 16.2 Å². The third kappa shape index (κ3) is 2.03. The average molecular weight is 234 g/mol. The number of nitrogens with two attached hydrogens (primary N) is 1. The Morgan fingerprint density at radius 2 is 2.24 bits per heavy atom. The molecule has 1 amide bonds. The van der Waals surface area contributed by atoms with E-state index < -0.39 is 11.9 Å². The van der Waals surface area contributed by atoms with Crippen molar-refractivity contribution in [1.82, 2.24) is 9.38 Å². The van der Waals surface area contributed by atoms with Crippen LogP contribution in [0.1, 0.15) is 10.5 Å². The number of imidazole rings is 1. The summed E-state index contributed by atoms with van der Waals surface area (Å²) >= 11 is 0. The molecule has 2 aromatic rings. The zero-order chi connectivity index (χ0) is 12.4. The average Bonchev–Trinajstić information content (AvgIpc) is 2.64. The molecule has 0 aliphatic carbocycles. The van der Waals surface area contributed by atoms with Crippen LogP contribution in [-0.2, 0) is 4.79 Å². The van der Waals surface area contributed by atoms with Crippen molar-refractivity contribution in [1.29, 1.82) is 0 Å². The molecule has 0 radical (unpaired) electrons. The van der Waals surface area contributed by atoms with E-state index in [1.165, 1.54) is 4.40 Å². The third-order valence-corrected chi connectivity index (χ3v) is 2.16. The molecule has 0 unspecified atom stereocenters. The number of anilines is 1. The van der Waals surface area contributed by atoms with Gasteiger partial charge in [-0.25, -0.2) is 9.78 Å². The number of primary amides is 1. The van der Waals surface area contributed by atoms with Crippen molar-refractivity contribution in [3.8, 4) is 0 Å². The number of fused-ring (bicyclic) bond motifs is 1. The van der Waals surface area contributed by atoms with Crippen molar-refractivity contribution in [2.45, 2.75) is 0 Å². The van der Waals surface area contributed by atoms with Gasteiger partial charge in [0.15, 0.2) is 11.5 Å². The number of nitrogens with zero attached hydrogens (tertiary/aromatic N) is 2. The zero-order valence-electron chi connectivity index (χ0n) is 8.75. The number of carbonyl (C=O) groups is 2. The van der Waals surface area contributed by atoms with Gasteiger partial charge in [-0.05, 0) is 12.1 Å². The lowest BCUT2D eigenvalue weighted by Gasteiger charge is -2.01. The first kappa shape index (κ1) is 10.9. The Bertz CT molecular complexity index is 590. The minimum absolute atomic E-state index is 0.0261. The van der Waals surface area contributed by atoms with E-state index in [9.17, 15) is 9.59 Å². The third-order valence-electron chi connectivity index (χ3n) is 2.16. The molecule has 0 bridgehead atoms.